The van der Waals surface area contributed by atoms with Gasteiger partial charge in [-0.15, -0.1) is 16.4 Å². The van der Waals surface area contributed by atoms with Crippen LogP contribution < -0.4 is 20.5 Å². The fourth-order valence-electron chi connectivity index (χ4n) is 4.17. The number of anilines is 1. The van der Waals surface area contributed by atoms with E-state index in [0.717, 1.165) is 29.5 Å². The SMILES string of the molecule is COc1cc(NC(=O)Cn2nc3c4c5c(sc4ncn3c2=O)CCCCC5)cc(OC)c1. The van der Waals surface area contributed by atoms with Crippen LogP contribution in [0.3, 0.4) is 0 Å². The first-order valence-electron chi connectivity index (χ1n) is 10.5. The normalized spacial score (nSPS) is 13.7. The van der Waals surface area contributed by atoms with Crippen LogP contribution >= 0.6 is 11.3 Å². The number of fused-ring (bicyclic) bond motifs is 5. The number of benzene rings is 1. The van der Waals surface area contributed by atoms with Crippen LogP contribution in [0.25, 0.3) is 15.9 Å². The van der Waals surface area contributed by atoms with Crippen molar-refractivity contribution >= 4 is 38.8 Å². The summed E-state index contributed by atoms with van der Waals surface area (Å²) in [6.07, 6.45) is 7.01. The van der Waals surface area contributed by atoms with E-state index in [1.165, 1.54) is 52.9 Å². The van der Waals surface area contributed by atoms with Crippen LogP contribution in [-0.4, -0.2) is 39.3 Å². The summed E-state index contributed by atoms with van der Waals surface area (Å²) in [6, 6.07) is 5.08. The lowest BCUT2D eigenvalue weighted by Crippen LogP contribution is -2.28. The molecule has 9 nitrogen and oxygen atoms in total. The summed E-state index contributed by atoms with van der Waals surface area (Å²) in [7, 11) is 3.08. The third-order valence-electron chi connectivity index (χ3n) is 5.72. The van der Waals surface area contributed by atoms with Crippen LogP contribution in [0, 0.1) is 0 Å². The lowest BCUT2D eigenvalue weighted by Gasteiger charge is -2.09. The van der Waals surface area contributed by atoms with Crippen molar-refractivity contribution in [2.24, 2.45) is 0 Å². The van der Waals surface area contributed by atoms with Crippen LogP contribution in [0.15, 0.2) is 29.3 Å². The van der Waals surface area contributed by atoms with Crippen molar-refractivity contribution in [2.45, 2.75) is 38.6 Å². The number of hydrogen-bond acceptors (Lipinski definition) is 7. The molecule has 0 spiro atoms. The zero-order valence-electron chi connectivity index (χ0n) is 17.9. The maximum absolute atomic E-state index is 12.9. The first kappa shape index (κ1) is 20.5. The molecule has 0 atom stereocenters. The third-order valence-corrected chi connectivity index (χ3v) is 6.92. The Kier molecular flexibility index (Phi) is 5.30. The van der Waals surface area contributed by atoms with Crippen molar-refractivity contribution in [3.63, 3.8) is 0 Å². The molecule has 32 heavy (non-hydrogen) atoms. The molecule has 10 heteroatoms. The molecule has 3 heterocycles. The standard InChI is InChI=1S/C22H23N5O4S/c1-30-14-8-13(9-15(10-14)31-2)24-18(28)11-27-22(29)26-12-23-21-19(20(26)25-27)16-6-4-3-5-7-17(16)32-21/h8-10,12H,3-7,11H2,1-2H3,(H,24,28). The smallest absolute Gasteiger partial charge is 0.352 e. The molecule has 1 aromatic carbocycles. The molecule has 3 aromatic heterocycles. The van der Waals surface area contributed by atoms with E-state index in [1.807, 2.05) is 0 Å². The summed E-state index contributed by atoms with van der Waals surface area (Å²) in [6.45, 7) is -0.214. The molecule has 0 aliphatic heterocycles. The van der Waals surface area contributed by atoms with Gasteiger partial charge in [0.25, 0.3) is 0 Å². The van der Waals surface area contributed by atoms with Gasteiger partial charge in [-0.1, -0.05) is 6.42 Å². The summed E-state index contributed by atoms with van der Waals surface area (Å²) in [5.74, 6) is 0.728. The second-order valence-corrected chi connectivity index (χ2v) is 8.86. The van der Waals surface area contributed by atoms with Gasteiger partial charge in [0, 0.05) is 28.8 Å². The van der Waals surface area contributed by atoms with Crippen LogP contribution in [0.2, 0.25) is 0 Å². The zero-order chi connectivity index (χ0) is 22.2. The number of methoxy groups -OCH3 is 2. The first-order valence-corrected chi connectivity index (χ1v) is 11.3. The Morgan fingerprint density at radius 1 is 1.12 bits per heavy atom. The lowest BCUT2D eigenvalue weighted by atomic mass is 10.1. The van der Waals surface area contributed by atoms with Crippen molar-refractivity contribution in [3.8, 4) is 11.5 Å². The van der Waals surface area contributed by atoms with E-state index in [1.54, 1.807) is 29.5 Å². The van der Waals surface area contributed by atoms with Crippen LogP contribution in [0.1, 0.15) is 29.7 Å². The minimum atomic E-state index is -0.388. The molecule has 1 N–H and O–H groups in total. The van der Waals surface area contributed by atoms with Gasteiger partial charge in [-0.3, -0.25) is 4.79 Å². The summed E-state index contributed by atoms with van der Waals surface area (Å²) >= 11 is 1.69. The van der Waals surface area contributed by atoms with Gasteiger partial charge in [0.15, 0.2) is 5.65 Å². The van der Waals surface area contributed by atoms with Gasteiger partial charge in [-0.05, 0) is 31.2 Å². The Balaban J connectivity index is 1.48. The predicted molar refractivity (Wildman–Crippen MR) is 122 cm³/mol. The lowest BCUT2D eigenvalue weighted by molar-refractivity contribution is -0.117. The number of nitrogens with one attached hydrogen (secondary N) is 1. The number of nitrogens with zero attached hydrogens (tertiary/aromatic N) is 4. The minimum Gasteiger partial charge on any atom is -0.497 e. The highest BCUT2D eigenvalue weighted by atomic mass is 32.1. The fraction of sp³-hybridized carbons (Fsp3) is 0.364. The Hall–Kier alpha value is -3.40. The first-order chi connectivity index (χ1) is 15.6. The minimum absolute atomic E-state index is 0.214. The number of hydrogen-bond donors (Lipinski definition) is 1. The maximum Gasteiger partial charge on any atom is 0.352 e. The number of amides is 1. The molecule has 5 rings (SSSR count). The Morgan fingerprint density at radius 2 is 1.88 bits per heavy atom. The number of aromatic nitrogens is 4. The number of rotatable bonds is 5. The molecule has 1 aliphatic carbocycles. The van der Waals surface area contributed by atoms with E-state index >= 15 is 0 Å². The number of carbonyl (C=O) groups excluding carboxylic acids is 1. The van der Waals surface area contributed by atoms with Crippen molar-refractivity contribution in [3.05, 3.63) is 45.5 Å². The van der Waals surface area contributed by atoms with Gasteiger partial charge in [0.2, 0.25) is 5.91 Å². The number of thiophene rings is 1. The summed E-state index contributed by atoms with van der Waals surface area (Å²) in [5.41, 5.74) is 1.94. The summed E-state index contributed by atoms with van der Waals surface area (Å²) < 4.78 is 13.1. The highest BCUT2D eigenvalue weighted by molar-refractivity contribution is 7.19. The third kappa shape index (κ3) is 3.60. The molecule has 1 aliphatic rings. The second-order valence-electron chi connectivity index (χ2n) is 7.77. The second kappa shape index (κ2) is 8.27. The molecule has 0 bridgehead atoms. The van der Waals surface area contributed by atoms with Gasteiger partial charge in [-0.25, -0.2) is 18.9 Å². The highest BCUT2D eigenvalue weighted by Gasteiger charge is 2.21. The van der Waals surface area contributed by atoms with Crippen molar-refractivity contribution in [1.82, 2.24) is 19.2 Å². The molecule has 4 aromatic rings. The zero-order valence-corrected chi connectivity index (χ0v) is 18.7. The van der Waals surface area contributed by atoms with E-state index in [4.69, 9.17) is 9.47 Å². The molecule has 166 valence electrons. The van der Waals surface area contributed by atoms with E-state index in [0.29, 0.717) is 22.8 Å². The average molecular weight is 454 g/mol. The molecule has 1 amide bonds. The van der Waals surface area contributed by atoms with E-state index in [9.17, 15) is 9.59 Å². The Morgan fingerprint density at radius 3 is 2.62 bits per heavy atom. The number of carbonyl (C=O) groups is 1. The molecule has 0 radical (unpaired) electrons. The van der Waals surface area contributed by atoms with Crippen LogP contribution in [0.4, 0.5) is 5.69 Å². The Bertz CT molecular complexity index is 1360. The maximum atomic E-state index is 12.9. The fourth-order valence-corrected chi connectivity index (χ4v) is 5.40. The largest absolute Gasteiger partial charge is 0.497 e. The van der Waals surface area contributed by atoms with Gasteiger partial charge >= 0.3 is 5.69 Å². The quantitative estimate of drug-likeness (QED) is 0.466. The number of ether oxygens (including phenoxy) is 2. The molecule has 0 fully saturated rings. The highest BCUT2D eigenvalue weighted by Crippen LogP contribution is 2.36. The van der Waals surface area contributed by atoms with Crippen LogP contribution in [-0.2, 0) is 24.2 Å². The van der Waals surface area contributed by atoms with Gasteiger partial charge < -0.3 is 14.8 Å². The van der Waals surface area contributed by atoms with Crippen molar-refractivity contribution < 1.29 is 14.3 Å². The van der Waals surface area contributed by atoms with Gasteiger partial charge in [-0.2, -0.15) is 0 Å². The number of aryl methyl sites for hydroxylation is 2. The van der Waals surface area contributed by atoms with Gasteiger partial charge in [0.1, 0.15) is 29.2 Å². The van der Waals surface area contributed by atoms with E-state index < -0.39 is 0 Å². The van der Waals surface area contributed by atoms with Crippen molar-refractivity contribution in [2.75, 3.05) is 19.5 Å². The van der Waals surface area contributed by atoms with E-state index in [2.05, 4.69) is 15.4 Å². The van der Waals surface area contributed by atoms with Crippen LogP contribution in [0.5, 0.6) is 11.5 Å². The summed E-state index contributed by atoms with van der Waals surface area (Å²) in [5, 5.41) is 8.25. The molecule has 0 saturated heterocycles. The van der Waals surface area contributed by atoms with Crippen molar-refractivity contribution in [1.29, 1.82) is 0 Å². The average Bonchev–Trinajstić information content (AvgIpc) is 3.20. The molecular weight excluding hydrogens is 430 g/mol. The summed E-state index contributed by atoms with van der Waals surface area (Å²) in [4.78, 5) is 32.4. The monoisotopic (exact) mass is 453 g/mol. The molecule has 0 saturated carbocycles. The van der Waals surface area contributed by atoms with Gasteiger partial charge in [0.05, 0.1) is 19.6 Å². The topological polar surface area (TPSA) is 99.7 Å². The van der Waals surface area contributed by atoms with E-state index in [-0.39, 0.29) is 18.1 Å². The molecule has 0 unspecified atom stereocenters. The Labute approximate surface area is 187 Å². The molecular formula is C22H23N5O4S. The predicted octanol–water partition coefficient (Wildman–Crippen LogP) is 3.03.